The summed E-state index contributed by atoms with van der Waals surface area (Å²) in [5.41, 5.74) is 0.814. The molecule has 2 aromatic carbocycles. The van der Waals surface area contributed by atoms with Crippen LogP contribution in [0.15, 0.2) is 54.6 Å². The van der Waals surface area contributed by atoms with E-state index in [1.165, 1.54) is 4.90 Å². The number of nitrogens with zero attached hydrogens (tertiary/aromatic N) is 1. The number of hydrogen-bond donors (Lipinski definition) is 0. The van der Waals surface area contributed by atoms with Crippen molar-refractivity contribution in [2.45, 2.75) is 31.4 Å². The van der Waals surface area contributed by atoms with Crippen molar-refractivity contribution in [3.63, 3.8) is 0 Å². The Balaban J connectivity index is 2.05. The molecule has 0 saturated heterocycles. The van der Waals surface area contributed by atoms with Gasteiger partial charge in [0.05, 0.1) is 11.1 Å². The maximum absolute atomic E-state index is 13.0. The standard InChI is InChI=1S/C18H16F3NO/c1-17(11-12-18(19,20)21)14-9-5-6-10-15(14)22(16(17)23)13-7-3-2-4-8-13/h2-10H,11-12H2,1H3. The lowest BCUT2D eigenvalue weighted by atomic mass is 9.79. The van der Waals surface area contributed by atoms with Gasteiger partial charge in [-0.05, 0) is 37.1 Å². The number of anilines is 2. The molecule has 2 nitrogen and oxygen atoms in total. The molecule has 1 unspecified atom stereocenters. The molecule has 0 aliphatic carbocycles. The van der Waals surface area contributed by atoms with E-state index in [9.17, 15) is 18.0 Å². The molecule has 1 aliphatic heterocycles. The smallest absolute Gasteiger partial charge is 0.280 e. The third kappa shape index (κ3) is 2.71. The first-order valence-electron chi connectivity index (χ1n) is 7.39. The summed E-state index contributed by atoms with van der Waals surface area (Å²) in [6, 6.07) is 16.1. The number of carbonyl (C=O) groups excluding carboxylic acids is 1. The third-order valence-electron chi connectivity index (χ3n) is 4.34. The summed E-state index contributed by atoms with van der Waals surface area (Å²) in [4.78, 5) is 14.5. The van der Waals surface area contributed by atoms with E-state index in [2.05, 4.69) is 0 Å². The quantitative estimate of drug-likeness (QED) is 0.782. The fourth-order valence-corrected chi connectivity index (χ4v) is 3.07. The number of para-hydroxylation sites is 2. The molecule has 0 bridgehead atoms. The predicted octanol–water partition coefficient (Wildman–Crippen LogP) is 4.97. The molecule has 0 radical (unpaired) electrons. The monoisotopic (exact) mass is 319 g/mol. The van der Waals surface area contributed by atoms with Crippen LogP contribution in [0.3, 0.4) is 0 Å². The van der Waals surface area contributed by atoms with Crippen LogP contribution in [0.25, 0.3) is 0 Å². The van der Waals surface area contributed by atoms with Crippen molar-refractivity contribution < 1.29 is 18.0 Å². The number of hydrogen-bond acceptors (Lipinski definition) is 1. The summed E-state index contributed by atoms with van der Waals surface area (Å²) < 4.78 is 38.0. The largest absolute Gasteiger partial charge is 0.389 e. The lowest BCUT2D eigenvalue weighted by Gasteiger charge is -2.25. The Morgan fingerprint density at radius 2 is 1.61 bits per heavy atom. The molecule has 1 amide bonds. The summed E-state index contributed by atoms with van der Waals surface area (Å²) in [6.07, 6.45) is -5.51. The van der Waals surface area contributed by atoms with Gasteiger partial charge in [0.2, 0.25) is 5.91 Å². The van der Waals surface area contributed by atoms with Gasteiger partial charge >= 0.3 is 6.18 Å². The van der Waals surface area contributed by atoms with Crippen LogP contribution in [0, 0.1) is 0 Å². The number of carbonyl (C=O) groups is 1. The molecular weight excluding hydrogens is 303 g/mol. The van der Waals surface area contributed by atoms with E-state index in [0.29, 0.717) is 16.9 Å². The average molecular weight is 319 g/mol. The molecule has 3 rings (SSSR count). The molecule has 23 heavy (non-hydrogen) atoms. The van der Waals surface area contributed by atoms with Crippen molar-refractivity contribution in [3.05, 3.63) is 60.2 Å². The first-order chi connectivity index (χ1) is 10.8. The molecule has 1 heterocycles. The van der Waals surface area contributed by atoms with Gasteiger partial charge in [-0.1, -0.05) is 36.4 Å². The summed E-state index contributed by atoms with van der Waals surface area (Å²) in [5.74, 6) is -0.311. The fourth-order valence-electron chi connectivity index (χ4n) is 3.07. The minimum Gasteiger partial charge on any atom is -0.280 e. The van der Waals surface area contributed by atoms with Crippen LogP contribution < -0.4 is 4.90 Å². The van der Waals surface area contributed by atoms with Crippen LogP contribution in [0.4, 0.5) is 24.5 Å². The Labute approximate surface area is 132 Å². The summed E-state index contributed by atoms with van der Waals surface area (Å²) in [6.45, 7) is 1.60. The van der Waals surface area contributed by atoms with Crippen LogP contribution in [0.5, 0.6) is 0 Å². The highest BCUT2D eigenvalue weighted by molar-refractivity contribution is 6.12. The summed E-state index contributed by atoms with van der Waals surface area (Å²) in [5, 5.41) is 0. The SMILES string of the molecule is CC1(CCC(F)(F)F)C(=O)N(c2ccccc2)c2ccccc21. The van der Waals surface area contributed by atoms with Gasteiger partial charge in [0.1, 0.15) is 0 Å². The van der Waals surface area contributed by atoms with E-state index < -0.39 is 18.0 Å². The number of rotatable bonds is 3. The van der Waals surface area contributed by atoms with Crippen molar-refractivity contribution in [1.29, 1.82) is 0 Å². The highest BCUT2D eigenvalue weighted by Gasteiger charge is 2.49. The van der Waals surface area contributed by atoms with Gasteiger partial charge in [-0.3, -0.25) is 9.69 Å². The molecule has 2 aromatic rings. The molecular formula is C18H16F3NO. The first-order valence-corrected chi connectivity index (χ1v) is 7.39. The van der Waals surface area contributed by atoms with E-state index in [0.717, 1.165) is 0 Å². The van der Waals surface area contributed by atoms with Crippen LogP contribution in [0.1, 0.15) is 25.3 Å². The Hall–Kier alpha value is -2.30. The van der Waals surface area contributed by atoms with Gasteiger partial charge in [-0.25, -0.2) is 0 Å². The van der Waals surface area contributed by atoms with E-state index in [4.69, 9.17) is 0 Å². The van der Waals surface area contributed by atoms with Gasteiger partial charge < -0.3 is 0 Å². The molecule has 0 saturated carbocycles. The summed E-state index contributed by atoms with van der Waals surface area (Å²) in [7, 11) is 0. The van der Waals surface area contributed by atoms with E-state index in [-0.39, 0.29) is 12.3 Å². The van der Waals surface area contributed by atoms with Crippen molar-refractivity contribution in [1.82, 2.24) is 0 Å². The molecule has 120 valence electrons. The summed E-state index contributed by atoms with van der Waals surface area (Å²) >= 11 is 0. The normalized spacial score (nSPS) is 20.7. The van der Waals surface area contributed by atoms with Gasteiger partial charge in [0, 0.05) is 12.1 Å². The van der Waals surface area contributed by atoms with Crippen molar-refractivity contribution in [2.75, 3.05) is 4.90 Å². The zero-order valence-electron chi connectivity index (χ0n) is 12.6. The first kappa shape index (κ1) is 15.6. The molecule has 0 fully saturated rings. The van der Waals surface area contributed by atoms with Crippen LogP contribution in [-0.4, -0.2) is 12.1 Å². The Bertz CT molecular complexity index is 727. The minimum absolute atomic E-state index is 0.254. The third-order valence-corrected chi connectivity index (χ3v) is 4.34. The van der Waals surface area contributed by atoms with E-state index >= 15 is 0 Å². The van der Waals surface area contributed by atoms with Gasteiger partial charge in [-0.15, -0.1) is 0 Å². The maximum atomic E-state index is 13.0. The number of halogens is 3. The molecule has 5 heteroatoms. The molecule has 1 atom stereocenters. The lowest BCUT2D eigenvalue weighted by Crippen LogP contribution is -2.36. The van der Waals surface area contributed by atoms with Gasteiger partial charge in [-0.2, -0.15) is 13.2 Å². The molecule has 0 aromatic heterocycles. The second-order valence-electron chi connectivity index (χ2n) is 5.94. The number of benzene rings is 2. The van der Waals surface area contributed by atoms with Gasteiger partial charge in [0.25, 0.3) is 0 Å². The Morgan fingerprint density at radius 1 is 1.00 bits per heavy atom. The highest BCUT2D eigenvalue weighted by Crippen LogP contribution is 2.48. The fraction of sp³-hybridized carbons (Fsp3) is 0.278. The second-order valence-corrected chi connectivity index (χ2v) is 5.94. The van der Waals surface area contributed by atoms with Gasteiger partial charge in [0.15, 0.2) is 0 Å². The van der Waals surface area contributed by atoms with Crippen LogP contribution in [-0.2, 0) is 10.2 Å². The Kier molecular flexibility index (Phi) is 3.66. The maximum Gasteiger partial charge on any atom is 0.389 e. The lowest BCUT2D eigenvalue weighted by molar-refractivity contribution is -0.141. The second kappa shape index (κ2) is 5.41. The topological polar surface area (TPSA) is 20.3 Å². The Morgan fingerprint density at radius 3 is 2.26 bits per heavy atom. The molecule has 1 aliphatic rings. The highest BCUT2D eigenvalue weighted by atomic mass is 19.4. The van der Waals surface area contributed by atoms with Crippen LogP contribution in [0.2, 0.25) is 0 Å². The zero-order valence-corrected chi connectivity index (χ0v) is 12.6. The minimum atomic E-state index is -4.28. The number of amides is 1. The predicted molar refractivity (Wildman–Crippen MR) is 82.7 cm³/mol. The zero-order chi connectivity index (χ0) is 16.7. The number of alkyl halides is 3. The molecule has 0 N–H and O–H groups in total. The average Bonchev–Trinajstić information content (AvgIpc) is 2.75. The van der Waals surface area contributed by atoms with Crippen molar-refractivity contribution in [3.8, 4) is 0 Å². The molecule has 0 spiro atoms. The van der Waals surface area contributed by atoms with Crippen molar-refractivity contribution >= 4 is 17.3 Å². The van der Waals surface area contributed by atoms with Crippen molar-refractivity contribution in [2.24, 2.45) is 0 Å². The van der Waals surface area contributed by atoms with E-state index in [1.54, 1.807) is 55.5 Å². The number of fused-ring (bicyclic) bond motifs is 1. The van der Waals surface area contributed by atoms with Crippen LogP contribution >= 0.6 is 0 Å². The van der Waals surface area contributed by atoms with E-state index in [1.807, 2.05) is 6.07 Å².